The lowest BCUT2D eigenvalue weighted by atomic mass is 9.99. The zero-order valence-corrected chi connectivity index (χ0v) is 11.5. The van der Waals surface area contributed by atoms with E-state index in [-0.39, 0.29) is 0 Å². The van der Waals surface area contributed by atoms with Crippen LogP contribution in [0.15, 0.2) is 29.9 Å². The van der Waals surface area contributed by atoms with Crippen molar-refractivity contribution in [1.82, 2.24) is 10.3 Å². The molecule has 0 saturated carbocycles. The number of fused-ring (bicyclic) bond motifs is 1. The van der Waals surface area contributed by atoms with E-state index in [1.54, 1.807) is 22.5 Å². The maximum absolute atomic E-state index is 4.15. The molecule has 94 valence electrons. The monoisotopic (exact) mass is 258 g/mol. The Morgan fingerprint density at radius 1 is 1.33 bits per heavy atom. The van der Waals surface area contributed by atoms with Crippen molar-refractivity contribution in [1.29, 1.82) is 0 Å². The van der Waals surface area contributed by atoms with Gasteiger partial charge in [-0.05, 0) is 43.0 Å². The highest BCUT2D eigenvalue weighted by Crippen LogP contribution is 2.27. The van der Waals surface area contributed by atoms with Gasteiger partial charge < -0.3 is 5.32 Å². The molecule has 18 heavy (non-hydrogen) atoms. The molecule has 0 aliphatic heterocycles. The maximum atomic E-state index is 4.15. The second-order valence-corrected chi connectivity index (χ2v) is 5.87. The first kappa shape index (κ1) is 11.9. The molecule has 0 spiro atoms. The number of thiazole rings is 1. The van der Waals surface area contributed by atoms with Crippen LogP contribution >= 0.6 is 11.3 Å². The molecule has 0 bridgehead atoms. The molecule has 1 aliphatic carbocycles. The molecule has 3 rings (SSSR count). The van der Waals surface area contributed by atoms with Gasteiger partial charge in [-0.2, -0.15) is 0 Å². The topological polar surface area (TPSA) is 24.9 Å². The van der Waals surface area contributed by atoms with Gasteiger partial charge in [0.2, 0.25) is 0 Å². The lowest BCUT2D eigenvalue weighted by Gasteiger charge is -2.16. The molecule has 1 unspecified atom stereocenters. The van der Waals surface area contributed by atoms with Crippen LogP contribution in [0.25, 0.3) is 0 Å². The van der Waals surface area contributed by atoms with Gasteiger partial charge in [0.25, 0.3) is 0 Å². The van der Waals surface area contributed by atoms with E-state index in [0.29, 0.717) is 6.04 Å². The normalized spacial score (nSPS) is 15.6. The molecule has 2 nitrogen and oxygen atoms in total. The van der Waals surface area contributed by atoms with Crippen molar-refractivity contribution in [3.05, 3.63) is 51.5 Å². The van der Waals surface area contributed by atoms with Gasteiger partial charge in [-0.25, -0.2) is 0 Å². The van der Waals surface area contributed by atoms with Crippen LogP contribution in [0.1, 0.15) is 34.0 Å². The molecule has 1 N–H and O–H groups in total. The van der Waals surface area contributed by atoms with Gasteiger partial charge in [0.05, 0.1) is 5.51 Å². The Bertz CT molecular complexity index is 519. The van der Waals surface area contributed by atoms with Crippen LogP contribution in [-0.4, -0.2) is 12.0 Å². The Morgan fingerprint density at radius 3 is 3.00 bits per heavy atom. The highest BCUT2D eigenvalue weighted by atomic mass is 32.1. The number of benzene rings is 1. The van der Waals surface area contributed by atoms with Crippen LogP contribution in [-0.2, 0) is 19.3 Å². The Balaban J connectivity index is 1.83. The Labute approximate surface area is 112 Å². The first-order valence-corrected chi connectivity index (χ1v) is 7.41. The third-order valence-corrected chi connectivity index (χ3v) is 4.56. The number of hydrogen-bond acceptors (Lipinski definition) is 3. The summed E-state index contributed by atoms with van der Waals surface area (Å²) < 4.78 is 0. The van der Waals surface area contributed by atoms with Crippen LogP contribution < -0.4 is 5.32 Å². The quantitative estimate of drug-likeness (QED) is 0.911. The molecule has 0 fully saturated rings. The van der Waals surface area contributed by atoms with Crippen LogP contribution in [0.3, 0.4) is 0 Å². The van der Waals surface area contributed by atoms with Gasteiger partial charge in [-0.3, -0.25) is 4.98 Å². The lowest BCUT2D eigenvalue weighted by Crippen LogP contribution is -2.18. The third-order valence-electron chi connectivity index (χ3n) is 3.76. The van der Waals surface area contributed by atoms with Gasteiger partial charge in [0.15, 0.2) is 0 Å². The van der Waals surface area contributed by atoms with Gasteiger partial charge >= 0.3 is 0 Å². The number of aromatic nitrogens is 1. The molecule has 1 aliphatic rings. The lowest BCUT2D eigenvalue weighted by molar-refractivity contribution is 0.595. The molecule has 0 saturated heterocycles. The van der Waals surface area contributed by atoms with Crippen LogP contribution in [0.5, 0.6) is 0 Å². The average molecular weight is 258 g/mol. The standard InChI is InChI=1S/C15H18N2S/c1-16-15(8-14-9-17-10-18-14)13-6-5-11-3-2-4-12(11)7-13/h5-7,9-10,15-16H,2-4,8H2,1H3. The highest BCUT2D eigenvalue weighted by Gasteiger charge is 2.15. The Kier molecular flexibility index (Phi) is 3.43. The van der Waals surface area contributed by atoms with Crippen molar-refractivity contribution in [3.8, 4) is 0 Å². The summed E-state index contributed by atoms with van der Waals surface area (Å²) in [6.07, 6.45) is 6.83. The van der Waals surface area contributed by atoms with Crippen molar-refractivity contribution in [2.45, 2.75) is 31.7 Å². The van der Waals surface area contributed by atoms with E-state index in [2.05, 4.69) is 28.5 Å². The third kappa shape index (κ3) is 2.33. The van der Waals surface area contributed by atoms with Gasteiger partial charge in [-0.1, -0.05) is 18.2 Å². The van der Waals surface area contributed by atoms with E-state index in [1.165, 1.54) is 29.7 Å². The Hall–Kier alpha value is -1.19. The molecule has 1 atom stereocenters. The van der Waals surface area contributed by atoms with E-state index in [1.807, 2.05) is 18.8 Å². The number of likely N-dealkylation sites (N-methyl/N-ethyl adjacent to an activating group) is 1. The van der Waals surface area contributed by atoms with Crippen molar-refractivity contribution in [3.63, 3.8) is 0 Å². The predicted octanol–water partition coefficient (Wildman–Crippen LogP) is 3.14. The molecule has 1 heterocycles. The zero-order chi connectivity index (χ0) is 12.4. The summed E-state index contributed by atoms with van der Waals surface area (Å²) in [6, 6.07) is 7.39. The molecule has 0 radical (unpaired) electrons. The second kappa shape index (κ2) is 5.21. The van der Waals surface area contributed by atoms with Crippen LogP contribution in [0.4, 0.5) is 0 Å². The fourth-order valence-electron chi connectivity index (χ4n) is 2.74. The maximum Gasteiger partial charge on any atom is 0.0794 e. The summed E-state index contributed by atoms with van der Waals surface area (Å²) in [5.74, 6) is 0. The minimum absolute atomic E-state index is 0.399. The summed E-state index contributed by atoms with van der Waals surface area (Å²) in [4.78, 5) is 5.49. The predicted molar refractivity (Wildman–Crippen MR) is 76.1 cm³/mol. The number of nitrogens with one attached hydrogen (secondary N) is 1. The van der Waals surface area contributed by atoms with Crippen molar-refractivity contribution in [2.75, 3.05) is 7.05 Å². The van der Waals surface area contributed by atoms with E-state index in [0.717, 1.165) is 6.42 Å². The number of nitrogens with zero attached hydrogens (tertiary/aromatic N) is 1. The smallest absolute Gasteiger partial charge is 0.0794 e. The van der Waals surface area contributed by atoms with Crippen molar-refractivity contribution < 1.29 is 0 Å². The number of hydrogen-bond donors (Lipinski definition) is 1. The van der Waals surface area contributed by atoms with Gasteiger partial charge in [0, 0.05) is 23.5 Å². The molecule has 0 amide bonds. The molecule has 1 aromatic carbocycles. The fourth-order valence-corrected chi connectivity index (χ4v) is 3.38. The second-order valence-electron chi connectivity index (χ2n) is 4.89. The molecular weight excluding hydrogens is 240 g/mol. The highest BCUT2D eigenvalue weighted by molar-refractivity contribution is 7.09. The Morgan fingerprint density at radius 2 is 2.22 bits per heavy atom. The van der Waals surface area contributed by atoms with Crippen LogP contribution in [0, 0.1) is 0 Å². The average Bonchev–Trinajstić information content (AvgIpc) is 3.06. The fraction of sp³-hybridized carbons (Fsp3) is 0.400. The molecule has 1 aromatic heterocycles. The SMILES string of the molecule is CNC(Cc1cncs1)c1ccc2c(c1)CCC2. The first-order valence-electron chi connectivity index (χ1n) is 6.53. The number of rotatable bonds is 4. The minimum atomic E-state index is 0.399. The summed E-state index contributed by atoms with van der Waals surface area (Å²) in [7, 11) is 2.04. The van der Waals surface area contributed by atoms with Crippen molar-refractivity contribution >= 4 is 11.3 Å². The van der Waals surface area contributed by atoms with E-state index >= 15 is 0 Å². The molecule has 3 heteroatoms. The van der Waals surface area contributed by atoms with Gasteiger partial charge in [0.1, 0.15) is 0 Å². The van der Waals surface area contributed by atoms with Crippen molar-refractivity contribution in [2.24, 2.45) is 0 Å². The van der Waals surface area contributed by atoms with E-state index in [4.69, 9.17) is 0 Å². The molecular formula is C15H18N2S. The van der Waals surface area contributed by atoms with E-state index < -0.39 is 0 Å². The molecule has 2 aromatic rings. The summed E-state index contributed by atoms with van der Waals surface area (Å²) in [5.41, 5.74) is 6.42. The minimum Gasteiger partial charge on any atom is -0.313 e. The first-order chi connectivity index (χ1) is 8.86. The van der Waals surface area contributed by atoms with Crippen LogP contribution in [0.2, 0.25) is 0 Å². The van der Waals surface area contributed by atoms with Gasteiger partial charge in [-0.15, -0.1) is 11.3 Å². The summed E-state index contributed by atoms with van der Waals surface area (Å²) >= 11 is 1.74. The largest absolute Gasteiger partial charge is 0.313 e. The zero-order valence-electron chi connectivity index (χ0n) is 10.6. The summed E-state index contributed by atoms with van der Waals surface area (Å²) in [6.45, 7) is 0. The summed E-state index contributed by atoms with van der Waals surface area (Å²) in [5, 5.41) is 3.43. The number of aryl methyl sites for hydroxylation is 2. The van der Waals surface area contributed by atoms with E-state index in [9.17, 15) is 0 Å².